The van der Waals surface area contributed by atoms with Crippen molar-refractivity contribution in [3.05, 3.63) is 12.2 Å². The lowest BCUT2D eigenvalue weighted by Crippen LogP contribution is -2.39. The molecular weight excluding hydrogens is 220 g/mol. The molecule has 0 unspecified atom stereocenters. The number of aliphatic hydroxyl groups is 3. The van der Waals surface area contributed by atoms with Crippen molar-refractivity contribution < 1.29 is 34.8 Å². The van der Waals surface area contributed by atoms with Gasteiger partial charge in [-0.3, -0.25) is 0 Å². The predicted octanol–water partition coefficient (Wildman–Crippen LogP) is -1.87. The van der Waals surface area contributed by atoms with E-state index in [0.717, 1.165) is 0 Å². The highest BCUT2D eigenvalue weighted by Gasteiger charge is 2.29. The zero-order valence-electron chi connectivity index (χ0n) is 8.50. The number of carbonyl (C=O) groups is 2. The maximum Gasteiger partial charge on any atom is 0.331 e. The molecule has 0 saturated carbocycles. The molecule has 0 aromatic rings. The van der Waals surface area contributed by atoms with Gasteiger partial charge in [0.2, 0.25) is 0 Å². The van der Waals surface area contributed by atoms with Crippen LogP contribution in [0.5, 0.6) is 0 Å². The fourth-order valence-electron chi connectivity index (χ4n) is 0.699. The highest BCUT2D eigenvalue weighted by molar-refractivity contribution is 5.90. The Balaban J connectivity index is 4.21. The molecule has 92 valence electrons. The van der Waals surface area contributed by atoms with Crippen molar-refractivity contribution in [1.29, 1.82) is 0 Å². The Bertz CT molecular complexity index is 259. The third kappa shape index (κ3) is 4.87. The van der Waals surface area contributed by atoms with Gasteiger partial charge in [0.25, 0.3) is 0 Å². The summed E-state index contributed by atoms with van der Waals surface area (Å²) in [6.07, 6.45) is 1.29. The van der Waals surface area contributed by atoms with E-state index >= 15 is 0 Å². The van der Waals surface area contributed by atoms with Crippen molar-refractivity contribution >= 4 is 11.9 Å². The van der Waals surface area contributed by atoms with Gasteiger partial charge in [-0.2, -0.15) is 0 Å². The number of hydrogen-bond acceptors (Lipinski definition) is 6. The predicted molar refractivity (Wildman–Crippen MR) is 51.4 cm³/mol. The van der Waals surface area contributed by atoms with Gasteiger partial charge in [-0.15, -0.1) is 0 Å². The van der Waals surface area contributed by atoms with Crippen molar-refractivity contribution in [2.24, 2.45) is 5.41 Å². The van der Waals surface area contributed by atoms with Gasteiger partial charge in [-0.25, -0.2) is 9.59 Å². The van der Waals surface area contributed by atoms with Crippen LogP contribution in [-0.2, 0) is 14.3 Å². The van der Waals surface area contributed by atoms with Crippen molar-refractivity contribution in [3.8, 4) is 0 Å². The lowest BCUT2D eigenvalue weighted by molar-refractivity contribution is -0.146. The lowest BCUT2D eigenvalue weighted by Gasteiger charge is -2.26. The average Bonchev–Trinajstić information content (AvgIpc) is 2.29. The van der Waals surface area contributed by atoms with Gasteiger partial charge in [0.1, 0.15) is 6.61 Å². The summed E-state index contributed by atoms with van der Waals surface area (Å²) in [5.41, 5.74) is -1.31. The third-order valence-corrected chi connectivity index (χ3v) is 1.89. The van der Waals surface area contributed by atoms with Crippen LogP contribution in [0.4, 0.5) is 0 Å². The van der Waals surface area contributed by atoms with Crippen LogP contribution in [0.3, 0.4) is 0 Å². The molecule has 0 fully saturated rings. The van der Waals surface area contributed by atoms with E-state index in [9.17, 15) is 9.59 Å². The molecule has 7 heteroatoms. The Morgan fingerprint density at radius 2 is 1.56 bits per heavy atom. The van der Waals surface area contributed by atoms with Crippen molar-refractivity contribution in [1.82, 2.24) is 0 Å². The molecule has 0 saturated heterocycles. The minimum absolute atomic E-state index is 0.403. The second kappa shape index (κ2) is 6.94. The fraction of sp³-hybridized carbons (Fsp3) is 0.556. The number of carboxylic acids is 1. The van der Waals surface area contributed by atoms with Crippen LogP contribution in [0.15, 0.2) is 12.2 Å². The highest BCUT2D eigenvalue weighted by atomic mass is 16.5. The molecule has 0 aliphatic heterocycles. The van der Waals surface area contributed by atoms with E-state index in [-0.39, 0.29) is 0 Å². The SMILES string of the molecule is O=C(O)/C=C\C(=O)OCC(CO)(CO)CO. The molecule has 0 aromatic heterocycles. The van der Waals surface area contributed by atoms with Gasteiger partial charge < -0.3 is 25.2 Å². The van der Waals surface area contributed by atoms with Crippen LogP contribution in [0.25, 0.3) is 0 Å². The van der Waals surface area contributed by atoms with Crippen LogP contribution in [0.2, 0.25) is 0 Å². The standard InChI is InChI=1S/C9H14O7/c10-3-9(4-11,5-12)6-16-8(15)2-1-7(13)14/h1-2,10-12H,3-6H2,(H,13,14)/b2-1-. The Hall–Kier alpha value is -1.44. The summed E-state index contributed by atoms with van der Waals surface area (Å²) in [7, 11) is 0. The Morgan fingerprint density at radius 1 is 1.06 bits per heavy atom. The molecule has 4 N–H and O–H groups in total. The molecule has 0 spiro atoms. The summed E-state index contributed by atoms with van der Waals surface area (Å²) in [5, 5.41) is 34.9. The molecule has 0 rings (SSSR count). The van der Waals surface area contributed by atoms with Crippen molar-refractivity contribution in [3.63, 3.8) is 0 Å². The minimum Gasteiger partial charge on any atom is -0.478 e. The molecule has 0 amide bonds. The van der Waals surface area contributed by atoms with E-state index in [2.05, 4.69) is 4.74 Å². The quantitative estimate of drug-likeness (QED) is 0.300. The Morgan fingerprint density at radius 3 is 1.94 bits per heavy atom. The van der Waals surface area contributed by atoms with Gasteiger partial charge in [-0.1, -0.05) is 0 Å². The minimum atomic E-state index is -1.31. The highest BCUT2D eigenvalue weighted by Crippen LogP contribution is 2.14. The van der Waals surface area contributed by atoms with Gasteiger partial charge >= 0.3 is 11.9 Å². The van der Waals surface area contributed by atoms with E-state index in [1.165, 1.54) is 0 Å². The number of esters is 1. The zero-order chi connectivity index (χ0) is 12.6. The zero-order valence-corrected chi connectivity index (χ0v) is 8.50. The Kier molecular flexibility index (Phi) is 6.31. The first kappa shape index (κ1) is 14.6. The van der Waals surface area contributed by atoms with Gasteiger partial charge in [-0.05, 0) is 0 Å². The molecule has 0 bridgehead atoms. The molecule has 0 radical (unpaired) electrons. The van der Waals surface area contributed by atoms with Crippen LogP contribution >= 0.6 is 0 Å². The molecule has 0 aromatic carbocycles. The topological polar surface area (TPSA) is 124 Å². The van der Waals surface area contributed by atoms with Crippen molar-refractivity contribution in [2.75, 3.05) is 26.4 Å². The van der Waals surface area contributed by atoms with Crippen LogP contribution in [0.1, 0.15) is 0 Å². The summed E-state index contributed by atoms with van der Waals surface area (Å²) in [6, 6.07) is 0. The summed E-state index contributed by atoms with van der Waals surface area (Å²) in [4.78, 5) is 21.0. The second-order valence-electron chi connectivity index (χ2n) is 3.25. The third-order valence-electron chi connectivity index (χ3n) is 1.89. The summed E-state index contributed by atoms with van der Waals surface area (Å²) >= 11 is 0. The number of carbonyl (C=O) groups excluding carboxylic acids is 1. The van der Waals surface area contributed by atoms with Gasteiger partial charge in [0, 0.05) is 12.2 Å². The van der Waals surface area contributed by atoms with E-state index in [0.29, 0.717) is 12.2 Å². The second-order valence-corrected chi connectivity index (χ2v) is 3.25. The number of hydrogen-bond donors (Lipinski definition) is 4. The monoisotopic (exact) mass is 234 g/mol. The first-order chi connectivity index (χ1) is 7.49. The van der Waals surface area contributed by atoms with E-state index in [4.69, 9.17) is 20.4 Å². The van der Waals surface area contributed by atoms with Crippen molar-refractivity contribution in [2.45, 2.75) is 0 Å². The average molecular weight is 234 g/mol. The molecule has 0 atom stereocenters. The van der Waals surface area contributed by atoms with Crippen LogP contribution < -0.4 is 0 Å². The molecule has 16 heavy (non-hydrogen) atoms. The number of rotatable bonds is 7. The number of aliphatic hydroxyl groups excluding tert-OH is 3. The number of ether oxygens (including phenoxy) is 1. The summed E-state index contributed by atoms with van der Waals surface area (Å²) in [5.74, 6) is -2.23. The maximum atomic E-state index is 10.9. The first-order valence-corrected chi connectivity index (χ1v) is 4.40. The van der Waals surface area contributed by atoms with Crippen LogP contribution in [0, 0.1) is 5.41 Å². The summed E-state index contributed by atoms with van der Waals surface area (Å²) < 4.78 is 4.56. The molecular formula is C9H14O7. The maximum absolute atomic E-state index is 10.9. The Labute approximate surface area is 91.6 Å². The normalized spacial score (nSPS) is 11.7. The van der Waals surface area contributed by atoms with Crippen LogP contribution in [-0.4, -0.2) is 58.8 Å². The number of carboxylic acid groups (broad SMARTS) is 1. The fourth-order valence-corrected chi connectivity index (χ4v) is 0.699. The van der Waals surface area contributed by atoms with E-state index in [1.54, 1.807) is 0 Å². The van der Waals surface area contributed by atoms with Gasteiger partial charge in [0.05, 0.1) is 25.2 Å². The smallest absolute Gasteiger partial charge is 0.331 e. The van der Waals surface area contributed by atoms with E-state index in [1.807, 2.05) is 0 Å². The lowest BCUT2D eigenvalue weighted by atomic mass is 9.93. The molecule has 7 nitrogen and oxygen atoms in total. The molecule has 0 heterocycles. The van der Waals surface area contributed by atoms with Gasteiger partial charge in [0.15, 0.2) is 0 Å². The molecule has 0 aliphatic rings. The number of aliphatic carboxylic acids is 1. The molecule has 0 aliphatic carbocycles. The first-order valence-electron chi connectivity index (χ1n) is 4.40. The largest absolute Gasteiger partial charge is 0.478 e. The summed E-state index contributed by atoms with van der Waals surface area (Å²) in [6.45, 7) is -2.08. The van der Waals surface area contributed by atoms with E-state index < -0.39 is 43.8 Å².